The van der Waals surface area contributed by atoms with Crippen molar-refractivity contribution in [2.75, 3.05) is 7.11 Å². The Hall–Kier alpha value is -2.40. The lowest BCUT2D eigenvalue weighted by molar-refractivity contribution is 0.0600. The first-order valence-corrected chi connectivity index (χ1v) is 6.55. The second-order valence-corrected chi connectivity index (χ2v) is 4.65. The lowest BCUT2D eigenvalue weighted by Gasteiger charge is -2.06. The summed E-state index contributed by atoms with van der Waals surface area (Å²) in [6, 6.07) is 9.69. The first-order valence-electron chi connectivity index (χ1n) is 6.17. The van der Waals surface area contributed by atoms with Crippen LogP contribution in [0.25, 0.3) is 0 Å². The predicted octanol–water partition coefficient (Wildman–Crippen LogP) is 2.45. The third-order valence-corrected chi connectivity index (χ3v) is 3.03. The number of nitrogens with zero attached hydrogens (tertiary/aromatic N) is 1. The van der Waals surface area contributed by atoms with Gasteiger partial charge in [0.1, 0.15) is 0 Å². The molecule has 1 heterocycles. The van der Waals surface area contributed by atoms with Crippen molar-refractivity contribution in [1.29, 1.82) is 0 Å². The van der Waals surface area contributed by atoms with Crippen molar-refractivity contribution in [2.45, 2.75) is 6.54 Å². The maximum Gasteiger partial charge on any atom is 0.337 e. The molecule has 0 aliphatic heterocycles. The molecule has 5 nitrogen and oxygen atoms in total. The van der Waals surface area contributed by atoms with Crippen LogP contribution < -0.4 is 5.32 Å². The topological polar surface area (TPSA) is 68.3 Å². The van der Waals surface area contributed by atoms with Crippen molar-refractivity contribution in [1.82, 2.24) is 10.3 Å². The maximum absolute atomic E-state index is 11.9. The van der Waals surface area contributed by atoms with Crippen LogP contribution in [0.5, 0.6) is 0 Å². The minimum atomic E-state index is -0.442. The minimum Gasteiger partial charge on any atom is -0.465 e. The Bertz CT molecular complexity index is 656. The molecule has 0 unspecified atom stereocenters. The summed E-state index contributed by atoms with van der Waals surface area (Å²) in [5.41, 5.74) is 1.46. The van der Waals surface area contributed by atoms with Gasteiger partial charge in [-0.1, -0.05) is 11.6 Å². The summed E-state index contributed by atoms with van der Waals surface area (Å²) in [6.45, 7) is 0.215. The van der Waals surface area contributed by atoms with Crippen LogP contribution in [0, 0.1) is 0 Å². The molecule has 0 bridgehead atoms. The Morgan fingerprint density at radius 3 is 2.57 bits per heavy atom. The molecule has 21 heavy (non-hydrogen) atoms. The van der Waals surface area contributed by atoms with Crippen LogP contribution in [0.2, 0.25) is 5.02 Å². The van der Waals surface area contributed by atoms with Crippen LogP contribution >= 0.6 is 11.6 Å². The Morgan fingerprint density at radius 1 is 1.19 bits per heavy atom. The van der Waals surface area contributed by atoms with E-state index in [1.807, 2.05) is 0 Å². The van der Waals surface area contributed by atoms with Gasteiger partial charge in [0.15, 0.2) is 0 Å². The number of hydrogen-bond acceptors (Lipinski definition) is 4. The highest BCUT2D eigenvalue weighted by atomic mass is 35.5. The van der Waals surface area contributed by atoms with E-state index in [0.717, 1.165) is 0 Å². The van der Waals surface area contributed by atoms with Crippen LogP contribution in [0.4, 0.5) is 0 Å². The van der Waals surface area contributed by atoms with E-state index in [1.54, 1.807) is 36.4 Å². The van der Waals surface area contributed by atoms with Crippen molar-refractivity contribution < 1.29 is 14.3 Å². The molecule has 2 rings (SSSR count). The number of nitrogens with one attached hydrogen (secondary N) is 1. The highest BCUT2D eigenvalue weighted by Crippen LogP contribution is 2.09. The van der Waals surface area contributed by atoms with E-state index in [-0.39, 0.29) is 12.5 Å². The molecule has 0 saturated heterocycles. The molecule has 1 aromatic carbocycles. The summed E-state index contributed by atoms with van der Waals surface area (Å²) in [7, 11) is 1.31. The van der Waals surface area contributed by atoms with Gasteiger partial charge in [-0.05, 0) is 36.4 Å². The third kappa shape index (κ3) is 4.03. The number of carbonyl (C=O) groups is 2. The van der Waals surface area contributed by atoms with Gasteiger partial charge in [-0.25, -0.2) is 4.79 Å². The second kappa shape index (κ2) is 6.85. The average Bonchev–Trinajstić information content (AvgIpc) is 2.52. The molecule has 0 radical (unpaired) electrons. The first kappa shape index (κ1) is 15.0. The maximum atomic E-state index is 11.9. The Kier molecular flexibility index (Phi) is 4.90. The normalized spacial score (nSPS) is 10.0. The van der Waals surface area contributed by atoms with Gasteiger partial charge in [-0.2, -0.15) is 0 Å². The van der Waals surface area contributed by atoms with Crippen molar-refractivity contribution in [3.63, 3.8) is 0 Å². The number of carbonyl (C=O) groups excluding carboxylic acids is 2. The van der Waals surface area contributed by atoms with E-state index in [4.69, 9.17) is 11.6 Å². The molecule has 1 amide bonds. The number of halogens is 1. The van der Waals surface area contributed by atoms with E-state index in [2.05, 4.69) is 15.0 Å². The minimum absolute atomic E-state index is 0.215. The summed E-state index contributed by atoms with van der Waals surface area (Å²) in [6.07, 6.45) is 1.50. The fourth-order valence-corrected chi connectivity index (χ4v) is 1.82. The van der Waals surface area contributed by atoms with Crippen LogP contribution in [-0.4, -0.2) is 24.0 Å². The summed E-state index contributed by atoms with van der Waals surface area (Å²) in [5.74, 6) is -0.681. The fraction of sp³-hybridized carbons (Fsp3) is 0.133. The Balaban J connectivity index is 2.01. The molecule has 1 aromatic heterocycles. The summed E-state index contributed by atoms with van der Waals surface area (Å²) in [5, 5.41) is 3.29. The predicted molar refractivity (Wildman–Crippen MR) is 78.2 cm³/mol. The third-order valence-electron chi connectivity index (χ3n) is 2.77. The standard InChI is InChI=1S/C15H13ClN2O3/c1-21-15(20)11-6-7-17-13(8-11)9-18-14(19)10-2-4-12(16)5-3-10/h2-8H,9H2,1H3,(H,18,19). The number of hydrogen-bond donors (Lipinski definition) is 1. The summed E-state index contributed by atoms with van der Waals surface area (Å²) in [4.78, 5) is 27.4. The van der Waals surface area contributed by atoms with E-state index in [9.17, 15) is 9.59 Å². The van der Waals surface area contributed by atoms with Crippen molar-refractivity contribution in [3.05, 3.63) is 64.4 Å². The van der Waals surface area contributed by atoms with Crippen LogP contribution in [-0.2, 0) is 11.3 Å². The fourth-order valence-electron chi connectivity index (χ4n) is 1.69. The van der Waals surface area contributed by atoms with E-state index >= 15 is 0 Å². The zero-order valence-electron chi connectivity index (χ0n) is 11.3. The molecule has 0 spiro atoms. The summed E-state index contributed by atoms with van der Waals surface area (Å²) < 4.78 is 4.63. The van der Waals surface area contributed by atoms with Gasteiger partial charge in [-0.15, -0.1) is 0 Å². The molecular formula is C15H13ClN2O3. The lowest BCUT2D eigenvalue weighted by atomic mass is 10.2. The zero-order chi connectivity index (χ0) is 15.2. The monoisotopic (exact) mass is 304 g/mol. The smallest absolute Gasteiger partial charge is 0.337 e. The van der Waals surface area contributed by atoms with Gasteiger partial charge in [-0.3, -0.25) is 9.78 Å². The number of amides is 1. The van der Waals surface area contributed by atoms with Crippen molar-refractivity contribution >= 4 is 23.5 Å². The van der Waals surface area contributed by atoms with Gasteiger partial charge in [0.05, 0.1) is 24.9 Å². The molecule has 6 heteroatoms. The zero-order valence-corrected chi connectivity index (χ0v) is 12.1. The van der Waals surface area contributed by atoms with Gasteiger partial charge in [0, 0.05) is 16.8 Å². The van der Waals surface area contributed by atoms with Gasteiger partial charge in [0.25, 0.3) is 5.91 Å². The van der Waals surface area contributed by atoms with Crippen LogP contribution in [0.15, 0.2) is 42.6 Å². The number of esters is 1. The molecule has 0 atom stereocenters. The van der Waals surface area contributed by atoms with E-state index in [0.29, 0.717) is 21.8 Å². The Morgan fingerprint density at radius 2 is 1.90 bits per heavy atom. The molecule has 0 aliphatic carbocycles. The van der Waals surface area contributed by atoms with Gasteiger partial charge < -0.3 is 10.1 Å². The van der Waals surface area contributed by atoms with Crippen molar-refractivity contribution in [2.24, 2.45) is 0 Å². The number of rotatable bonds is 4. The Labute approximate surface area is 126 Å². The number of methoxy groups -OCH3 is 1. The SMILES string of the molecule is COC(=O)c1ccnc(CNC(=O)c2ccc(Cl)cc2)c1. The molecule has 1 N–H and O–H groups in total. The molecule has 0 saturated carbocycles. The molecule has 108 valence electrons. The largest absolute Gasteiger partial charge is 0.465 e. The van der Waals surface area contributed by atoms with Crippen LogP contribution in [0.3, 0.4) is 0 Å². The highest BCUT2D eigenvalue weighted by Gasteiger charge is 2.08. The highest BCUT2D eigenvalue weighted by molar-refractivity contribution is 6.30. The molecule has 0 aliphatic rings. The number of aromatic nitrogens is 1. The van der Waals surface area contributed by atoms with E-state index in [1.165, 1.54) is 13.3 Å². The van der Waals surface area contributed by atoms with Gasteiger partial charge >= 0.3 is 5.97 Å². The quantitative estimate of drug-likeness (QED) is 0.881. The number of benzene rings is 1. The average molecular weight is 305 g/mol. The summed E-state index contributed by atoms with van der Waals surface area (Å²) >= 11 is 5.76. The van der Waals surface area contributed by atoms with E-state index < -0.39 is 5.97 Å². The first-order chi connectivity index (χ1) is 10.1. The molecular weight excluding hydrogens is 292 g/mol. The second-order valence-electron chi connectivity index (χ2n) is 4.22. The van der Waals surface area contributed by atoms with Crippen molar-refractivity contribution in [3.8, 4) is 0 Å². The number of ether oxygens (including phenoxy) is 1. The molecule has 0 fully saturated rings. The van der Waals surface area contributed by atoms with Gasteiger partial charge in [0.2, 0.25) is 0 Å². The molecule has 2 aromatic rings. The van der Waals surface area contributed by atoms with Crippen LogP contribution in [0.1, 0.15) is 26.4 Å². The lowest BCUT2D eigenvalue weighted by Crippen LogP contribution is -2.23. The number of pyridine rings is 1.